The van der Waals surface area contributed by atoms with Crippen LogP contribution in [0.4, 0.5) is 0 Å². The third-order valence-corrected chi connectivity index (χ3v) is 5.51. The van der Waals surface area contributed by atoms with E-state index in [2.05, 4.69) is 97.3 Å². The van der Waals surface area contributed by atoms with Crippen molar-refractivity contribution >= 4 is 11.0 Å². The molecule has 0 saturated heterocycles. The normalized spacial score (nSPS) is 11.3. The number of aromatic nitrogens is 2. The molecule has 3 aromatic carbocycles. The SMILES string of the molecule is CC(C)c1ccccc1OCCCCn1c(Cc2ccccc2)nc2ccccc21. The maximum atomic E-state index is 6.11. The van der Waals surface area contributed by atoms with Gasteiger partial charge in [-0.15, -0.1) is 0 Å². The quantitative estimate of drug-likeness (QED) is 0.297. The topological polar surface area (TPSA) is 27.1 Å². The van der Waals surface area contributed by atoms with E-state index in [1.807, 2.05) is 0 Å². The maximum Gasteiger partial charge on any atom is 0.122 e. The van der Waals surface area contributed by atoms with Gasteiger partial charge in [0.05, 0.1) is 17.6 Å². The van der Waals surface area contributed by atoms with Crippen molar-refractivity contribution in [2.75, 3.05) is 6.61 Å². The molecule has 1 heterocycles. The Labute approximate surface area is 179 Å². The average molecular weight is 399 g/mol. The molecule has 0 amide bonds. The van der Waals surface area contributed by atoms with Gasteiger partial charge in [-0.3, -0.25) is 0 Å². The van der Waals surface area contributed by atoms with Crippen molar-refractivity contribution in [3.05, 3.63) is 95.8 Å². The lowest BCUT2D eigenvalue weighted by Gasteiger charge is -2.14. The van der Waals surface area contributed by atoms with Crippen LogP contribution in [0.5, 0.6) is 5.75 Å². The van der Waals surface area contributed by atoms with Gasteiger partial charge in [0.1, 0.15) is 11.6 Å². The summed E-state index contributed by atoms with van der Waals surface area (Å²) in [6.07, 6.45) is 2.93. The lowest BCUT2D eigenvalue weighted by Crippen LogP contribution is -2.07. The van der Waals surface area contributed by atoms with E-state index in [9.17, 15) is 0 Å². The van der Waals surface area contributed by atoms with Gasteiger partial charge in [0.2, 0.25) is 0 Å². The number of imidazole rings is 1. The average Bonchev–Trinajstić information content (AvgIpc) is 3.11. The smallest absolute Gasteiger partial charge is 0.122 e. The van der Waals surface area contributed by atoms with E-state index >= 15 is 0 Å². The van der Waals surface area contributed by atoms with Gasteiger partial charge in [0, 0.05) is 13.0 Å². The van der Waals surface area contributed by atoms with Crippen molar-refractivity contribution in [3.8, 4) is 5.75 Å². The summed E-state index contributed by atoms with van der Waals surface area (Å²) >= 11 is 0. The number of para-hydroxylation sites is 3. The summed E-state index contributed by atoms with van der Waals surface area (Å²) in [5.41, 5.74) is 4.87. The van der Waals surface area contributed by atoms with Crippen LogP contribution in [0.3, 0.4) is 0 Å². The van der Waals surface area contributed by atoms with Gasteiger partial charge < -0.3 is 9.30 Å². The second kappa shape index (κ2) is 9.62. The van der Waals surface area contributed by atoms with Crippen LogP contribution >= 0.6 is 0 Å². The molecule has 3 nitrogen and oxygen atoms in total. The summed E-state index contributed by atoms with van der Waals surface area (Å²) in [5, 5.41) is 0. The maximum absolute atomic E-state index is 6.11. The van der Waals surface area contributed by atoms with Crippen LogP contribution in [-0.4, -0.2) is 16.2 Å². The number of aryl methyl sites for hydroxylation is 1. The van der Waals surface area contributed by atoms with Crippen LogP contribution in [0.2, 0.25) is 0 Å². The molecule has 0 aliphatic rings. The zero-order chi connectivity index (χ0) is 20.8. The lowest BCUT2D eigenvalue weighted by molar-refractivity contribution is 0.299. The summed E-state index contributed by atoms with van der Waals surface area (Å²) in [4.78, 5) is 4.92. The van der Waals surface area contributed by atoms with Crippen LogP contribution in [0, 0.1) is 0 Å². The van der Waals surface area contributed by atoms with Gasteiger partial charge in [0.15, 0.2) is 0 Å². The Morgan fingerprint density at radius 3 is 2.40 bits per heavy atom. The van der Waals surface area contributed by atoms with Crippen molar-refractivity contribution in [1.29, 1.82) is 0 Å². The molecule has 0 N–H and O–H groups in total. The molecule has 0 unspecified atom stereocenters. The van der Waals surface area contributed by atoms with Gasteiger partial charge in [-0.1, -0.05) is 74.5 Å². The van der Waals surface area contributed by atoms with Crippen LogP contribution in [0.15, 0.2) is 78.9 Å². The molecule has 0 fully saturated rings. The first-order chi connectivity index (χ1) is 14.7. The molecule has 0 aliphatic heterocycles. The molecule has 0 saturated carbocycles. The molecule has 0 radical (unpaired) electrons. The molecular weight excluding hydrogens is 368 g/mol. The predicted octanol–water partition coefficient (Wildman–Crippen LogP) is 6.61. The minimum Gasteiger partial charge on any atom is -0.493 e. The second-order valence-electron chi connectivity index (χ2n) is 8.08. The first-order valence-electron chi connectivity index (χ1n) is 10.9. The number of benzene rings is 3. The highest BCUT2D eigenvalue weighted by atomic mass is 16.5. The van der Waals surface area contributed by atoms with E-state index in [0.29, 0.717) is 5.92 Å². The number of hydrogen-bond donors (Lipinski definition) is 0. The van der Waals surface area contributed by atoms with Crippen molar-refractivity contribution < 1.29 is 4.74 Å². The zero-order valence-electron chi connectivity index (χ0n) is 17.9. The van der Waals surface area contributed by atoms with Crippen LogP contribution < -0.4 is 4.74 Å². The Hall–Kier alpha value is -3.07. The zero-order valence-corrected chi connectivity index (χ0v) is 17.9. The number of hydrogen-bond acceptors (Lipinski definition) is 2. The van der Waals surface area contributed by atoms with E-state index in [1.165, 1.54) is 16.6 Å². The summed E-state index contributed by atoms with van der Waals surface area (Å²) in [5.74, 6) is 2.62. The molecule has 0 atom stereocenters. The van der Waals surface area contributed by atoms with E-state index in [-0.39, 0.29) is 0 Å². The first-order valence-corrected chi connectivity index (χ1v) is 10.9. The van der Waals surface area contributed by atoms with Crippen molar-refractivity contribution in [2.24, 2.45) is 0 Å². The van der Waals surface area contributed by atoms with Gasteiger partial charge in [-0.25, -0.2) is 4.98 Å². The Kier molecular flexibility index (Phi) is 6.48. The Morgan fingerprint density at radius 1 is 0.833 bits per heavy atom. The molecule has 1 aromatic heterocycles. The van der Waals surface area contributed by atoms with Gasteiger partial charge in [-0.2, -0.15) is 0 Å². The highest BCUT2D eigenvalue weighted by molar-refractivity contribution is 5.76. The van der Waals surface area contributed by atoms with Gasteiger partial charge in [0.25, 0.3) is 0 Å². The molecule has 0 spiro atoms. The van der Waals surface area contributed by atoms with E-state index in [0.717, 1.165) is 49.5 Å². The minimum atomic E-state index is 0.471. The predicted molar refractivity (Wildman–Crippen MR) is 124 cm³/mol. The largest absolute Gasteiger partial charge is 0.493 e. The minimum absolute atomic E-state index is 0.471. The van der Waals surface area contributed by atoms with Crippen LogP contribution in [-0.2, 0) is 13.0 Å². The Morgan fingerprint density at radius 2 is 1.57 bits per heavy atom. The summed E-state index contributed by atoms with van der Waals surface area (Å²) in [6, 6.07) is 27.4. The molecule has 30 heavy (non-hydrogen) atoms. The van der Waals surface area contributed by atoms with Crippen LogP contribution in [0.25, 0.3) is 11.0 Å². The number of ether oxygens (including phenoxy) is 1. The summed E-state index contributed by atoms with van der Waals surface area (Å²) < 4.78 is 8.49. The number of fused-ring (bicyclic) bond motifs is 1. The second-order valence-corrected chi connectivity index (χ2v) is 8.08. The Bertz CT molecular complexity index is 1080. The molecule has 0 aliphatic carbocycles. The third-order valence-electron chi connectivity index (χ3n) is 5.51. The van der Waals surface area contributed by atoms with Crippen molar-refractivity contribution in [3.63, 3.8) is 0 Å². The standard InChI is InChI=1S/C27H30N2O/c1-21(2)23-14-6-9-17-26(23)30-19-11-10-18-29-25-16-8-7-15-24(25)28-27(29)20-22-12-4-3-5-13-22/h3-9,12-17,21H,10-11,18-20H2,1-2H3. The fourth-order valence-electron chi connectivity index (χ4n) is 3.93. The fraction of sp³-hybridized carbons (Fsp3) is 0.296. The Balaban J connectivity index is 1.41. The van der Waals surface area contributed by atoms with Crippen LogP contribution in [0.1, 0.15) is 49.6 Å². The van der Waals surface area contributed by atoms with E-state index in [4.69, 9.17) is 9.72 Å². The number of unbranched alkanes of at least 4 members (excludes halogenated alkanes) is 1. The molecule has 0 bridgehead atoms. The molecule has 4 rings (SSSR count). The number of rotatable bonds is 9. The van der Waals surface area contributed by atoms with Gasteiger partial charge in [-0.05, 0) is 48.1 Å². The highest BCUT2D eigenvalue weighted by Gasteiger charge is 2.11. The number of nitrogens with zero attached hydrogens (tertiary/aromatic N) is 2. The van der Waals surface area contributed by atoms with Gasteiger partial charge >= 0.3 is 0 Å². The molecule has 154 valence electrons. The highest BCUT2D eigenvalue weighted by Crippen LogP contribution is 2.26. The van der Waals surface area contributed by atoms with E-state index in [1.54, 1.807) is 0 Å². The van der Waals surface area contributed by atoms with Crippen molar-refractivity contribution in [2.45, 2.75) is 45.6 Å². The molecular formula is C27H30N2O. The fourth-order valence-corrected chi connectivity index (χ4v) is 3.93. The summed E-state index contributed by atoms with van der Waals surface area (Å²) in [6.45, 7) is 6.11. The first kappa shape index (κ1) is 20.2. The summed E-state index contributed by atoms with van der Waals surface area (Å²) in [7, 11) is 0. The lowest BCUT2D eigenvalue weighted by atomic mass is 10.0. The molecule has 4 aromatic rings. The monoisotopic (exact) mass is 398 g/mol. The third kappa shape index (κ3) is 4.73. The van der Waals surface area contributed by atoms with Crippen molar-refractivity contribution in [1.82, 2.24) is 9.55 Å². The molecule has 3 heteroatoms. The van der Waals surface area contributed by atoms with E-state index < -0.39 is 0 Å².